The van der Waals surface area contributed by atoms with Gasteiger partial charge in [0.1, 0.15) is 11.6 Å². The Morgan fingerprint density at radius 2 is 1.97 bits per heavy atom. The normalized spacial score (nSPS) is 10.9. The van der Waals surface area contributed by atoms with Crippen molar-refractivity contribution in [3.8, 4) is 17.6 Å². The molecule has 29 heavy (non-hydrogen) atoms. The maximum atomic E-state index is 12.5. The highest BCUT2D eigenvalue weighted by Crippen LogP contribution is 2.30. The highest BCUT2D eigenvalue weighted by atomic mass is 35.5. The molecule has 0 bridgehead atoms. The van der Waals surface area contributed by atoms with Gasteiger partial charge in [-0.05, 0) is 48.4 Å². The maximum absolute atomic E-state index is 12.5. The summed E-state index contributed by atoms with van der Waals surface area (Å²) in [5.74, 6) is 0.584. The second-order valence-electron chi connectivity index (χ2n) is 6.21. The topological polar surface area (TPSA) is 71.3 Å². The molecule has 2 aromatic carbocycles. The number of nitrogens with one attached hydrogen (secondary N) is 1. The number of amides is 1. The number of carbonyl (C=O) groups excluding carboxylic acids is 1. The van der Waals surface area contributed by atoms with Crippen molar-refractivity contribution in [3.63, 3.8) is 0 Å². The molecule has 2 aromatic rings. The molecule has 152 valence electrons. The second kappa shape index (κ2) is 11.4. The summed E-state index contributed by atoms with van der Waals surface area (Å²) in [5, 5.41) is 12.8. The van der Waals surface area contributed by atoms with Gasteiger partial charge in [0.2, 0.25) is 0 Å². The molecule has 0 radical (unpaired) electrons. The number of nitriles is 1. The minimum atomic E-state index is -0.574. The van der Waals surface area contributed by atoms with Crippen LogP contribution in [0.5, 0.6) is 11.5 Å². The van der Waals surface area contributed by atoms with Gasteiger partial charge < -0.3 is 14.8 Å². The first-order valence-corrected chi connectivity index (χ1v) is 9.93. The predicted octanol–water partition coefficient (Wildman–Crippen LogP) is 6.12. The summed E-state index contributed by atoms with van der Waals surface area (Å²) >= 11 is 11.9. The van der Waals surface area contributed by atoms with Crippen LogP contribution in [0.3, 0.4) is 0 Å². The van der Waals surface area contributed by atoms with E-state index in [1.807, 2.05) is 6.07 Å². The number of hydrogen-bond acceptors (Lipinski definition) is 4. The maximum Gasteiger partial charge on any atom is 0.266 e. The first kappa shape index (κ1) is 22.6. The van der Waals surface area contributed by atoms with Crippen molar-refractivity contribution in [3.05, 3.63) is 57.6 Å². The lowest BCUT2D eigenvalue weighted by molar-refractivity contribution is -0.112. The highest BCUT2D eigenvalue weighted by molar-refractivity contribution is 6.36. The van der Waals surface area contributed by atoms with Gasteiger partial charge in [-0.1, -0.05) is 49.0 Å². The number of nitrogens with zero attached hydrogens (tertiary/aromatic N) is 1. The standard InChI is InChI=1S/C22H22Cl2N2O3/c1-3-4-5-10-29-20-9-6-15(12-21(20)28-2)11-16(14-25)22(27)26-19-8-7-17(23)13-18(19)24/h6-9,11-13H,3-5,10H2,1-2H3,(H,26,27). The van der Waals surface area contributed by atoms with Gasteiger partial charge in [-0.2, -0.15) is 5.26 Å². The van der Waals surface area contributed by atoms with Crippen LogP contribution in [0.15, 0.2) is 42.0 Å². The Hall–Kier alpha value is -2.68. The summed E-state index contributed by atoms with van der Waals surface area (Å²) in [6, 6.07) is 11.8. The van der Waals surface area contributed by atoms with E-state index in [4.69, 9.17) is 32.7 Å². The zero-order valence-electron chi connectivity index (χ0n) is 16.3. The highest BCUT2D eigenvalue weighted by Gasteiger charge is 2.13. The fourth-order valence-corrected chi connectivity index (χ4v) is 2.98. The van der Waals surface area contributed by atoms with Gasteiger partial charge in [0.25, 0.3) is 5.91 Å². The molecular formula is C22H22Cl2N2O3. The predicted molar refractivity (Wildman–Crippen MR) is 117 cm³/mol. The van der Waals surface area contributed by atoms with Crippen LogP contribution >= 0.6 is 23.2 Å². The Balaban J connectivity index is 2.16. The molecule has 0 heterocycles. The zero-order chi connectivity index (χ0) is 21.2. The Morgan fingerprint density at radius 3 is 2.62 bits per heavy atom. The number of methoxy groups -OCH3 is 1. The fraction of sp³-hybridized carbons (Fsp3) is 0.273. The number of carbonyl (C=O) groups is 1. The van der Waals surface area contributed by atoms with Gasteiger partial charge in [0.05, 0.1) is 24.4 Å². The summed E-state index contributed by atoms with van der Waals surface area (Å²) in [7, 11) is 1.54. The monoisotopic (exact) mass is 432 g/mol. The van der Waals surface area contributed by atoms with Crippen molar-refractivity contribution in [2.24, 2.45) is 0 Å². The SMILES string of the molecule is CCCCCOc1ccc(C=C(C#N)C(=O)Nc2ccc(Cl)cc2Cl)cc1OC. The molecular weight excluding hydrogens is 411 g/mol. The van der Waals surface area contributed by atoms with Crippen LogP contribution in [0.4, 0.5) is 5.69 Å². The van der Waals surface area contributed by atoms with Crippen molar-refractivity contribution in [1.29, 1.82) is 5.26 Å². The Labute approximate surface area is 180 Å². The molecule has 0 spiro atoms. The van der Waals surface area contributed by atoms with Crippen LogP contribution in [-0.2, 0) is 4.79 Å². The minimum Gasteiger partial charge on any atom is -0.493 e. The fourth-order valence-electron chi connectivity index (χ4n) is 2.52. The number of benzene rings is 2. The molecule has 7 heteroatoms. The Kier molecular flexibility index (Phi) is 8.85. The van der Waals surface area contributed by atoms with E-state index in [-0.39, 0.29) is 10.6 Å². The van der Waals surface area contributed by atoms with Crippen molar-refractivity contribution in [2.75, 3.05) is 19.0 Å². The van der Waals surface area contributed by atoms with Gasteiger partial charge in [-0.3, -0.25) is 4.79 Å². The Morgan fingerprint density at radius 1 is 1.17 bits per heavy atom. The number of halogens is 2. The average molecular weight is 433 g/mol. The van der Waals surface area contributed by atoms with Crippen molar-refractivity contribution in [2.45, 2.75) is 26.2 Å². The molecule has 0 aliphatic carbocycles. The van der Waals surface area contributed by atoms with E-state index in [2.05, 4.69) is 12.2 Å². The molecule has 5 nitrogen and oxygen atoms in total. The smallest absolute Gasteiger partial charge is 0.266 e. The average Bonchev–Trinajstić information content (AvgIpc) is 2.71. The summed E-state index contributed by atoms with van der Waals surface area (Å²) in [5.41, 5.74) is 0.932. The second-order valence-corrected chi connectivity index (χ2v) is 7.06. The summed E-state index contributed by atoms with van der Waals surface area (Å²) < 4.78 is 11.1. The lowest BCUT2D eigenvalue weighted by Crippen LogP contribution is -2.13. The third-order valence-electron chi connectivity index (χ3n) is 4.05. The molecule has 0 aromatic heterocycles. The van der Waals surface area contributed by atoms with E-state index < -0.39 is 5.91 Å². The van der Waals surface area contributed by atoms with E-state index in [9.17, 15) is 10.1 Å². The van der Waals surface area contributed by atoms with Crippen LogP contribution < -0.4 is 14.8 Å². The zero-order valence-corrected chi connectivity index (χ0v) is 17.8. The molecule has 2 rings (SSSR count). The van der Waals surface area contributed by atoms with Crippen molar-refractivity contribution >= 4 is 40.9 Å². The quantitative estimate of drug-likeness (QED) is 0.294. The molecule has 0 fully saturated rings. The van der Waals surface area contributed by atoms with Crippen molar-refractivity contribution in [1.82, 2.24) is 0 Å². The summed E-state index contributed by atoms with van der Waals surface area (Å²) in [6.45, 7) is 2.73. The number of hydrogen-bond donors (Lipinski definition) is 1. The van der Waals surface area contributed by atoms with Crippen LogP contribution in [0.25, 0.3) is 6.08 Å². The molecule has 1 N–H and O–H groups in total. The molecule has 1 amide bonds. The third kappa shape index (κ3) is 6.70. The molecule has 0 unspecified atom stereocenters. The van der Waals surface area contributed by atoms with Crippen molar-refractivity contribution < 1.29 is 14.3 Å². The van der Waals surface area contributed by atoms with Crippen LogP contribution in [0, 0.1) is 11.3 Å². The van der Waals surface area contributed by atoms with E-state index in [0.717, 1.165) is 19.3 Å². The number of unbranched alkanes of at least 4 members (excludes halogenated alkanes) is 2. The number of ether oxygens (including phenoxy) is 2. The van der Waals surface area contributed by atoms with E-state index in [1.54, 1.807) is 37.4 Å². The lowest BCUT2D eigenvalue weighted by atomic mass is 10.1. The van der Waals surface area contributed by atoms with Crippen LogP contribution in [-0.4, -0.2) is 19.6 Å². The van der Waals surface area contributed by atoms with Gasteiger partial charge >= 0.3 is 0 Å². The first-order valence-electron chi connectivity index (χ1n) is 9.17. The van der Waals surface area contributed by atoms with E-state index >= 15 is 0 Å². The molecule has 0 saturated carbocycles. The van der Waals surface area contributed by atoms with Crippen LogP contribution in [0.2, 0.25) is 10.0 Å². The summed E-state index contributed by atoms with van der Waals surface area (Å²) in [4.78, 5) is 12.5. The largest absolute Gasteiger partial charge is 0.493 e. The third-order valence-corrected chi connectivity index (χ3v) is 4.60. The molecule has 0 aliphatic heterocycles. The first-order chi connectivity index (χ1) is 14.0. The van der Waals surface area contributed by atoms with Gasteiger partial charge in [-0.25, -0.2) is 0 Å². The van der Waals surface area contributed by atoms with Gasteiger partial charge in [0.15, 0.2) is 11.5 Å². The minimum absolute atomic E-state index is 0.0744. The lowest BCUT2D eigenvalue weighted by Gasteiger charge is -2.11. The summed E-state index contributed by atoms with van der Waals surface area (Å²) in [6.07, 6.45) is 4.65. The van der Waals surface area contributed by atoms with Gasteiger partial charge in [-0.15, -0.1) is 0 Å². The Bertz CT molecular complexity index is 936. The molecule has 0 atom stereocenters. The van der Waals surface area contributed by atoms with Gasteiger partial charge in [0, 0.05) is 5.02 Å². The molecule has 0 saturated heterocycles. The molecule has 0 aliphatic rings. The van der Waals surface area contributed by atoms with E-state index in [1.165, 1.54) is 12.1 Å². The van der Waals surface area contributed by atoms with Crippen LogP contribution in [0.1, 0.15) is 31.7 Å². The number of anilines is 1. The van der Waals surface area contributed by atoms with E-state index in [0.29, 0.717) is 34.4 Å². The number of rotatable bonds is 9.